The highest BCUT2D eigenvalue weighted by atomic mass is 32.2. The summed E-state index contributed by atoms with van der Waals surface area (Å²) in [5.41, 5.74) is 2.84. The average Bonchev–Trinajstić information content (AvgIpc) is 2.87. The number of aryl methyl sites for hydroxylation is 1. The first-order valence-electron chi connectivity index (χ1n) is 10.0. The van der Waals surface area contributed by atoms with Gasteiger partial charge in [0, 0.05) is 30.0 Å². The highest BCUT2D eigenvalue weighted by Crippen LogP contribution is 2.38. The molecule has 3 heteroatoms. The van der Waals surface area contributed by atoms with E-state index in [-0.39, 0.29) is 5.92 Å². The maximum absolute atomic E-state index is 13.0. The molecule has 0 aromatic heterocycles. The molecule has 1 aliphatic carbocycles. The number of nitrogens with zero attached hydrogens (tertiary/aromatic N) is 1. The third-order valence-electron chi connectivity index (χ3n) is 6.25. The first-order valence-corrected chi connectivity index (χ1v) is 11.1. The molecule has 3 rings (SSSR count). The number of rotatable bonds is 3. The zero-order valence-corrected chi connectivity index (χ0v) is 16.9. The van der Waals surface area contributed by atoms with Crippen molar-refractivity contribution in [1.82, 2.24) is 4.90 Å². The van der Waals surface area contributed by atoms with E-state index < -0.39 is 0 Å². The molecule has 1 saturated carbocycles. The van der Waals surface area contributed by atoms with E-state index in [0.717, 1.165) is 49.9 Å². The second-order valence-corrected chi connectivity index (χ2v) is 9.50. The van der Waals surface area contributed by atoms with Crippen molar-refractivity contribution in [3.8, 4) is 0 Å². The summed E-state index contributed by atoms with van der Waals surface area (Å²) in [6.07, 6.45) is 5.77. The molecule has 1 heterocycles. The second-order valence-electron chi connectivity index (χ2n) is 8.19. The molecule has 25 heavy (non-hydrogen) atoms. The van der Waals surface area contributed by atoms with Crippen LogP contribution in [-0.2, 0) is 4.79 Å². The van der Waals surface area contributed by atoms with E-state index in [1.807, 2.05) is 11.8 Å². The Labute approximate surface area is 157 Å². The van der Waals surface area contributed by atoms with Gasteiger partial charge >= 0.3 is 0 Å². The number of amides is 1. The number of benzene rings is 1. The smallest absolute Gasteiger partial charge is 0.225 e. The number of hydrogen-bond acceptors (Lipinski definition) is 2. The number of carbonyl (C=O) groups excluding carboxylic acids is 1. The lowest BCUT2D eigenvalue weighted by molar-refractivity contribution is -0.136. The van der Waals surface area contributed by atoms with E-state index in [4.69, 9.17) is 0 Å². The fourth-order valence-corrected chi connectivity index (χ4v) is 5.80. The van der Waals surface area contributed by atoms with Crippen LogP contribution < -0.4 is 0 Å². The normalized spacial score (nSPS) is 28.0. The van der Waals surface area contributed by atoms with Gasteiger partial charge in [-0.2, -0.15) is 11.8 Å². The van der Waals surface area contributed by atoms with Gasteiger partial charge < -0.3 is 4.90 Å². The Morgan fingerprint density at radius 1 is 1.08 bits per heavy atom. The molecule has 2 aliphatic rings. The molecule has 0 radical (unpaired) electrons. The van der Waals surface area contributed by atoms with Crippen molar-refractivity contribution in [3.05, 3.63) is 35.4 Å². The second kappa shape index (κ2) is 8.62. The summed E-state index contributed by atoms with van der Waals surface area (Å²) < 4.78 is 0. The summed E-state index contributed by atoms with van der Waals surface area (Å²) in [4.78, 5) is 15.2. The molecule has 1 saturated heterocycles. The SMILES string of the molecule is Cc1ccccc1C1CCN(C(=O)C2CCC(C(C)C)CC2)CCS1. The summed E-state index contributed by atoms with van der Waals surface area (Å²) in [5, 5.41) is 0.538. The quantitative estimate of drug-likeness (QED) is 0.714. The summed E-state index contributed by atoms with van der Waals surface area (Å²) >= 11 is 2.03. The van der Waals surface area contributed by atoms with Crippen molar-refractivity contribution in [2.75, 3.05) is 18.8 Å². The van der Waals surface area contributed by atoms with E-state index in [0.29, 0.717) is 11.2 Å². The van der Waals surface area contributed by atoms with Crippen LogP contribution in [-0.4, -0.2) is 29.6 Å². The third-order valence-corrected chi connectivity index (χ3v) is 7.56. The van der Waals surface area contributed by atoms with Crippen LogP contribution in [0.15, 0.2) is 24.3 Å². The Kier molecular flexibility index (Phi) is 6.49. The van der Waals surface area contributed by atoms with E-state index in [9.17, 15) is 4.79 Å². The predicted octanol–water partition coefficient (Wildman–Crippen LogP) is 5.46. The molecule has 1 atom stereocenters. The fraction of sp³-hybridized carbons (Fsp3) is 0.682. The van der Waals surface area contributed by atoms with Gasteiger partial charge in [0.15, 0.2) is 0 Å². The highest BCUT2D eigenvalue weighted by Gasteiger charge is 2.31. The van der Waals surface area contributed by atoms with E-state index in [1.54, 1.807) is 0 Å². The molecular weight excluding hydrogens is 326 g/mol. The van der Waals surface area contributed by atoms with Crippen molar-refractivity contribution in [2.24, 2.45) is 17.8 Å². The molecular formula is C22H33NOS. The summed E-state index contributed by atoms with van der Waals surface area (Å²) in [6, 6.07) is 8.72. The van der Waals surface area contributed by atoms with E-state index >= 15 is 0 Å². The van der Waals surface area contributed by atoms with Gasteiger partial charge in [0.2, 0.25) is 5.91 Å². The van der Waals surface area contributed by atoms with Crippen molar-refractivity contribution in [2.45, 2.75) is 58.1 Å². The first-order chi connectivity index (χ1) is 12.1. The van der Waals surface area contributed by atoms with Crippen molar-refractivity contribution >= 4 is 17.7 Å². The van der Waals surface area contributed by atoms with Gasteiger partial charge in [-0.25, -0.2) is 0 Å². The minimum absolute atomic E-state index is 0.287. The molecule has 1 aromatic rings. The Morgan fingerprint density at radius 2 is 1.80 bits per heavy atom. The van der Waals surface area contributed by atoms with Crippen molar-refractivity contribution in [1.29, 1.82) is 0 Å². The van der Waals surface area contributed by atoms with Gasteiger partial charge in [-0.3, -0.25) is 4.79 Å². The van der Waals surface area contributed by atoms with Crippen LogP contribution in [0.25, 0.3) is 0 Å². The van der Waals surface area contributed by atoms with Gasteiger partial charge in [0.25, 0.3) is 0 Å². The van der Waals surface area contributed by atoms with Gasteiger partial charge in [-0.15, -0.1) is 0 Å². The lowest BCUT2D eigenvalue weighted by atomic mass is 9.76. The van der Waals surface area contributed by atoms with Crippen LogP contribution in [0.1, 0.15) is 62.3 Å². The predicted molar refractivity (Wildman–Crippen MR) is 108 cm³/mol. The zero-order valence-electron chi connectivity index (χ0n) is 16.0. The van der Waals surface area contributed by atoms with Crippen LogP contribution in [0.4, 0.5) is 0 Å². The van der Waals surface area contributed by atoms with Crippen LogP contribution in [0, 0.1) is 24.7 Å². The Morgan fingerprint density at radius 3 is 2.48 bits per heavy atom. The van der Waals surface area contributed by atoms with Gasteiger partial charge in [-0.05, 0) is 62.0 Å². The molecule has 0 N–H and O–H groups in total. The Hall–Kier alpha value is -0.960. The van der Waals surface area contributed by atoms with Crippen LogP contribution in [0.2, 0.25) is 0 Å². The molecule has 2 nitrogen and oxygen atoms in total. The van der Waals surface area contributed by atoms with Crippen LogP contribution in [0.5, 0.6) is 0 Å². The fourth-order valence-electron chi connectivity index (χ4n) is 4.48. The third kappa shape index (κ3) is 4.61. The maximum atomic E-state index is 13.0. The number of carbonyl (C=O) groups is 1. The minimum Gasteiger partial charge on any atom is -0.342 e. The van der Waals surface area contributed by atoms with Crippen molar-refractivity contribution < 1.29 is 4.79 Å². The van der Waals surface area contributed by atoms with Gasteiger partial charge in [0.1, 0.15) is 0 Å². The molecule has 0 bridgehead atoms. The molecule has 2 fully saturated rings. The standard InChI is InChI=1S/C22H33NOS/c1-16(2)18-8-10-19(11-9-18)22(24)23-13-12-21(25-15-14-23)20-7-5-4-6-17(20)3/h4-7,16,18-19,21H,8-15H2,1-3H3. The molecule has 1 aliphatic heterocycles. The van der Waals surface area contributed by atoms with Crippen molar-refractivity contribution in [3.63, 3.8) is 0 Å². The van der Waals surface area contributed by atoms with Gasteiger partial charge in [0.05, 0.1) is 0 Å². The zero-order chi connectivity index (χ0) is 17.8. The number of thioether (sulfide) groups is 1. The summed E-state index contributed by atoms with van der Waals surface area (Å²) in [7, 11) is 0. The summed E-state index contributed by atoms with van der Waals surface area (Å²) in [5.74, 6) is 3.38. The molecule has 138 valence electrons. The lowest BCUT2D eigenvalue weighted by Gasteiger charge is -2.33. The monoisotopic (exact) mass is 359 g/mol. The molecule has 0 spiro atoms. The number of hydrogen-bond donors (Lipinski definition) is 0. The largest absolute Gasteiger partial charge is 0.342 e. The Balaban J connectivity index is 1.56. The summed E-state index contributed by atoms with van der Waals surface area (Å²) in [6.45, 7) is 8.71. The molecule has 1 aromatic carbocycles. The molecule has 1 amide bonds. The average molecular weight is 360 g/mol. The lowest BCUT2D eigenvalue weighted by Crippen LogP contribution is -2.39. The van der Waals surface area contributed by atoms with E-state index in [2.05, 4.69) is 49.9 Å². The maximum Gasteiger partial charge on any atom is 0.225 e. The van der Waals surface area contributed by atoms with Crippen LogP contribution in [0.3, 0.4) is 0 Å². The highest BCUT2D eigenvalue weighted by molar-refractivity contribution is 7.99. The van der Waals surface area contributed by atoms with E-state index in [1.165, 1.54) is 24.0 Å². The van der Waals surface area contributed by atoms with Crippen LogP contribution >= 0.6 is 11.8 Å². The van der Waals surface area contributed by atoms with Gasteiger partial charge in [-0.1, -0.05) is 38.1 Å². The molecule has 1 unspecified atom stereocenters. The minimum atomic E-state index is 0.287. The Bertz CT molecular complexity index is 577. The topological polar surface area (TPSA) is 20.3 Å². The first kappa shape index (κ1) is 18.8.